The summed E-state index contributed by atoms with van der Waals surface area (Å²) in [6.07, 6.45) is -4.76. The molecule has 3 rings (SSSR count). The average Bonchev–Trinajstić information content (AvgIpc) is 3.14. The summed E-state index contributed by atoms with van der Waals surface area (Å²) in [5.74, 6) is -0.508. The van der Waals surface area contributed by atoms with Crippen LogP contribution in [0.2, 0.25) is 0 Å². The Morgan fingerprint density at radius 1 is 1.07 bits per heavy atom. The van der Waals surface area contributed by atoms with Gasteiger partial charge in [-0.2, -0.15) is 0 Å². The van der Waals surface area contributed by atoms with Crippen LogP contribution in [-0.4, -0.2) is 54.8 Å². The fraction of sp³-hybridized carbons (Fsp3) is 0.421. The Morgan fingerprint density at radius 3 is 2.46 bits per heavy atom. The van der Waals surface area contributed by atoms with E-state index in [1.54, 1.807) is 17.4 Å². The van der Waals surface area contributed by atoms with Crippen LogP contribution in [0.25, 0.3) is 0 Å². The molecule has 0 unspecified atom stereocenters. The predicted octanol–water partition coefficient (Wildman–Crippen LogP) is 3.08. The van der Waals surface area contributed by atoms with Crippen LogP contribution in [0.4, 0.5) is 13.2 Å². The van der Waals surface area contributed by atoms with Crippen LogP contribution in [0.5, 0.6) is 5.75 Å². The fourth-order valence-corrected chi connectivity index (χ4v) is 3.80. The zero-order chi connectivity index (χ0) is 20.0. The number of ether oxygens (including phenoxy) is 1. The normalized spacial score (nSPS) is 16.1. The number of thiophene rings is 1. The lowest BCUT2D eigenvalue weighted by atomic mass is 10.2. The zero-order valence-electron chi connectivity index (χ0n) is 15.2. The number of carbonyl (C=O) groups excluding carboxylic acids is 1. The summed E-state index contributed by atoms with van der Waals surface area (Å²) in [5, 5.41) is 4.74. The van der Waals surface area contributed by atoms with Crippen LogP contribution in [0.3, 0.4) is 0 Å². The van der Waals surface area contributed by atoms with Gasteiger partial charge in [0.1, 0.15) is 5.75 Å². The van der Waals surface area contributed by atoms with Gasteiger partial charge < -0.3 is 10.1 Å². The number of rotatable bonds is 7. The molecule has 0 bridgehead atoms. The van der Waals surface area contributed by atoms with Gasteiger partial charge in [0, 0.05) is 49.7 Å². The molecule has 1 aliphatic heterocycles. The van der Waals surface area contributed by atoms with Gasteiger partial charge in [-0.05, 0) is 17.5 Å². The Labute approximate surface area is 165 Å². The second kappa shape index (κ2) is 9.40. The third-order valence-electron chi connectivity index (χ3n) is 4.47. The minimum atomic E-state index is -4.76. The number of hydrogen-bond acceptors (Lipinski definition) is 5. The molecule has 1 amide bonds. The number of benzene rings is 1. The maximum Gasteiger partial charge on any atom is 0.573 e. The molecule has 152 valence electrons. The molecule has 1 aromatic heterocycles. The number of hydrogen-bond donors (Lipinski definition) is 1. The summed E-state index contributed by atoms with van der Waals surface area (Å²) in [6.45, 7) is 4.48. The lowest BCUT2D eigenvalue weighted by Crippen LogP contribution is -2.48. The summed E-state index contributed by atoms with van der Waals surface area (Å²) in [5.41, 5.74) is 0.286. The highest BCUT2D eigenvalue weighted by molar-refractivity contribution is 7.09. The lowest BCUT2D eigenvalue weighted by molar-refractivity contribution is -0.274. The molecule has 0 spiro atoms. The van der Waals surface area contributed by atoms with E-state index >= 15 is 0 Å². The summed E-state index contributed by atoms with van der Waals surface area (Å²) in [4.78, 5) is 17.9. The zero-order valence-corrected chi connectivity index (χ0v) is 16.1. The Bertz CT molecular complexity index is 760. The Hall–Kier alpha value is -2.10. The topological polar surface area (TPSA) is 44.8 Å². The monoisotopic (exact) mass is 413 g/mol. The Kier molecular flexibility index (Phi) is 6.93. The van der Waals surface area contributed by atoms with Gasteiger partial charge in [-0.3, -0.25) is 14.6 Å². The van der Waals surface area contributed by atoms with Crippen molar-refractivity contribution < 1.29 is 22.7 Å². The first-order chi connectivity index (χ1) is 13.4. The van der Waals surface area contributed by atoms with Gasteiger partial charge in [0.05, 0.1) is 6.54 Å². The maximum absolute atomic E-state index is 12.5. The highest BCUT2D eigenvalue weighted by Crippen LogP contribution is 2.26. The second-order valence-corrected chi connectivity index (χ2v) is 7.60. The van der Waals surface area contributed by atoms with E-state index in [1.165, 1.54) is 23.1 Å². The van der Waals surface area contributed by atoms with Crippen molar-refractivity contribution in [3.8, 4) is 5.75 Å². The van der Waals surface area contributed by atoms with E-state index in [0.717, 1.165) is 32.7 Å². The van der Waals surface area contributed by atoms with Gasteiger partial charge in [0.2, 0.25) is 5.91 Å². The number of para-hydroxylation sites is 1. The number of nitrogens with one attached hydrogen (secondary N) is 1. The highest BCUT2D eigenvalue weighted by Gasteiger charge is 2.32. The largest absolute Gasteiger partial charge is 0.573 e. The van der Waals surface area contributed by atoms with Crippen LogP contribution in [0.15, 0.2) is 41.8 Å². The van der Waals surface area contributed by atoms with Crippen molar-refractivity contribution in [2.24, 2.45) is 0 Å². The number of nitrogens with zero attached hydrogens (tertiary/aromatic N) is 2. The maximum atomic E-state index is 12.5. The van der Waals surface area contributed by atoms with Gasteiger partial charge in [-0.1, -0.05) is 24.3 Å². The van der Waals surface area contributed by atoms with E-state index in [2.05, 4.69) is 31.3 Å². The molecule has 28 heavy (non-hydrogen) atoms. The van der Waals surface area contributed by atoms with Crippen molar-refractivity contribution in [3.63, 3.8) is 0 Å². The number of alkyl halides is 3. The number of halogens is 3. The van der Waals surface area contributed by atoms with E-state index in [1.807, 2.05) is 6.07 Å². The molecular weight excluding hydrogens is 391 g/mol. The van der Waals surface area contributed by atoms with E-state index in [0.29, 0.717) is 0 Å². The van der Waals surface area contributed by atoms with Crippen LogP contribution < -0.4 is 10.1 Å². The quantitative estimate of drug-likeness (QED) is 0.758. The van der Waals surface area contributed by atoms with Crippen molar-refractivity contribution in [2.45, 2.75) is 19.5 Å². The SMILES string of the molecule is O=C(CN1CCN(Cc2cccs2)CC1)NCc1ccccc1OC(F)(F)F. The minimum absolute atomic E-state index is 0.0105. The predicted molar refractivity (Wildman–Crippen MR) is 101 cm³/mol. The molecule has 1 saturated heterocycles. The van der Waals surface area contributed by atoms with E-state index < -0.39 is 6.36 Å². The number of carbonyl (C=O) groups is 1. The second-order valence-electron chi connectivity index (χ2n) is 6.56. The Morgan fingerprint density at radius 2 is 1.79 bits per heavy atom. The standard InChI is InChI=1S/C19H22F3N3O2S/c20-19(21,22)27-17-6-2-1-4-15(17)12-23-18(26)14-25-9-7-24(8-10-25)13-16-5-3-11-28-16/h1-6,11H,7-10,12-14H2,(H,23,26). The molecule has 1 aliphatic rings. The van der Waals surface area contributed by atoms with Crippen LogP contribution in [0, 0.1) is 0 Å². The molecular formula is C19H22F3N3O2S. The molecule has 1 aromatic carbocycles. The van der Waals surface area contributed by atoms with E-state index in [4.69, 9.17) is 0 Å². The van der Waals surface area contributed by atoms with Crippen molar-refractivity contribution >= 4 is 17.2 Å². The first kappa shape index (κ1) is 20.6. The summed E-state index contributed by atoms with van der Waals surface area (Å²) in [7, 11) is 0. The molecule has 5 nitrogen and oxygen atoms in total. The summed E-state index contributed by atoms with van der Waals surface area (Å²) >= 11 is 1.74. The molecule has 0 aliphatic carbocycles. The van der Waals surface area contributed by atoms with Crippen LogP contribution in [0.1, 0.15) is 10.4 Å². The third-order valence-corrected chi connectivity index (χ3v) is 5.33. The molecule has 1 fully saturated rings. The van der Waals surface area contributed by atoms with Gasteiger partial charge >= 0.3 is 6.36 Å². The van der Waals surface area contributed by atoms with Gasteiger partial charge in [0.15, 0.2) is 0 Å². The average molecular weight is 413 g/mol. The van der Waals surface area contributed by atoms with Gasteiger partial charge in [-0.15, -0.1) is 24.5 Å². The molecule has 0 atom stereocenters. The van der Waals surface area contributed by atoms with Crippen molar-refractivity contribution in [1.82, 2.24) is 15.1 Å². The van der Waals surface area contributed by atoms with Crippen LogP contribution in [-0.2, 0) is 17.9 Å². The van der Waals surface area contributed by atoms with Crippen molar-refractivity contribution in [1.29, 1.82) is 0 Å². The highest BCUT2D eigenvalue weighted by atomic mass is 32.1. The fourth-order valence-electron chi connectivity index (χ4n) is 3.06. The smallest absolute Gasteiger partial charge is 0.405 e. The molecule has 0 saturated carbocycles. The number of amides is 1. The number of piperazine rings is 1. The van der Waals surface area contributed by atoms with Crippen molar-refractivity contribution in [2.75, 3.05) is 32.7 Å². The lowest BCUT2D eigenvalue weighted by Gasteiger charge is -2.34. The molecule has 0 radical (unpaired) electrons. The minimum Gasteiger partial charge on any atom is -0.405 e. The first-order valence-corrected chi connectivity index (χ1v) is 9.84. The van der Waals surface area contributed by atoms with Gasteiger partial charge in [0.25, 0.3) is 0 Å². The molecule has 2 heterocycles. The van der Waals surface area contributed by atoms with E-state index in [-0.39, 0.29) is 30.3 Å². The summed E-state index contributed by atoms with van der Waals surface area (Å²) in [6, 6.07) is 9.97. The van der Waals surface area contributed by atoms with Crippen LogP contribution >= 0.6 is 11.3 Å². The third kappa shape index (κ3) is 6.50. The molecule has 9 heteroatoms. The summed E-state index contributed by atoms with van der Waals surface area (Å²) < 4.78 is 41.4. The molecule has 2 aromatic rings. The van der Waals surface area contributed by atoms with E-state index in [9.17, 15) is 18.0 Å². The molecule has 1 N–H and O–H groups in total. The Balaban J connectivity index is 1.42. The van der Waals surface area contributed by atoms with Crippen molar-refractivity contribution in [3.05, 3.63) is 52.2 Å². The van der Waals surface area contributed by atoms with Gasteiger partial charge in [-0.25, -0.2) is 0 Å². The first-order valence-electron chi connectivity index (χ1n) is 8.96.